The van der Waals surface area contributed by atoms with Crippen LogP contribution in [0, 0.1) is 5.92 Å². The molecule has 0 aromatic carbocycles. The highest BCUT2D eigenvalue weighted by atomic mass is 16.7. The van der Waals surface area contributed by atoms with E-state index >= 15 is 0 Å². The number of hydrogen-bond acceptors (Lipinski definition) is 5. The predicted octanol–water partition coefficient (Wildman–Crippen LogP) is 0.338. The summed E-state index contributed by atoms with van der Waals surface area (Å²) in [5.41, 5.74) is 4.28. The average Bonchev–Trinajstić information content (AvgIpc) is 2.40. The van der Waals surface area contributed by atoms with Crippen LogP contribution in [0.3, 0.4) is 0 Å². The number of ether oxygens (including phenoxy) is 3. The van der Waals surface area contributed by atoms with E-state index in [4.69, 9.17) is 19.9 Å². The highest BCUT2D eigenvalue weighted by molar-refractivity contribution is 5.87. The van der Waals surface area contributed by atoms with Gasteiger partial charge in [-0.05, 0) is 25.7 Å². The van der Waals surface area contributed by atoms with E-state index in [0.717, 1.165) is 19.3 Å². The van der Waals surface area contributed by atoms with Gasteiger partial charge in [-0.2, -0.15) is 0 Å². The average molecular weight is 257 g/mol. The first-order valence-corrected chi connectivity index (χ1v) is 6.32. The van der Waals surface area contributed by atoms with Crippen molar-refractivity contribution in [1.29, 1.82) is 0 Å². The summed E-state index contributed by atoms with van der Waals surface area (Å²) < 4.78 is 15.5. The van der Waals surface area contributed by atoms with Gasteiger partial charge in [0.25, 0.3) is 5.91 Å². The number of nitrogens with two attached hydrogens (primary N) is 1. The number of hydrogen-bond donors (Lipinski definition) is 1. The zero-order chi connectivity index (χ0) is 13.0. The Kier molecular flexibility index (Phi) is 4.19. The summed E-state index contributed by atoms with van der Waals surface area (Å²) in [4.78, 5) is 23.6. The zero-order valence-electron chi connectivity index (χ0n) is 10.4. The lowest BCUT2D eigenvalue weighted by Gasteiger charge is -2.35. The van der Waals surface area contributed by atoms with E-state index < -0.39 is 23.4 Å². The van der Waals surface area contributed by atoms with Crippen molar-refractivity contribution in [1.82, 2.24) is 0 Å². The molecule has 2 rings (SSSR count). The van der Waals surface area contributed by atoms with Gasteiger partial charge in [-0.1, -0.05) is 6.42 Å². The molecular weight excluding hydrogens is 238 g/mol. The van der Waals surface area contributed by atoms with Gasteiger partial charge in [-0.25, -0.2) is 0 Å². The van der Waals surface area contributed by atoms with Gasteiger partial charge in [0.2, 0.25) is 0 Å². The van der Waals surface area contributed by atoms with Crippen molar-refractivity contribution in [3.63, 3.8) is 0 Å². The third-order valence-corrected chi connectivity index (χ3v) is 3.54. The molecule has 1 heterocycles. The van der Waals surface area contributed by atoms with Crippen LogP contribution in [0.15, 0.2) is 0 Å². The molecule has 0 unspecified atom stereocenters. The Hall–Kier alpha value is -1.14. The second-order valence-corrected chi connectivity index (χ2v) is 4.90. The minimum Gasteiger partial charge on any atom is -0.449 e. The normalized spacial score (nSPS) is 24.4. The van der Waals surface area contributed by atoms with Gasteiger partial charge >= 0.3 is 5.97 Å². The third kappa shape index (κ3) is 2.81. The van der Waals surface area contributed by atoms with Gasteiger partial charge in [0, 0.05) is 0 Å². The van der Waals surface area contributed by atoms with Gasteiger partial charge in [-0.3, -0.25) is 9.59 Å². The molecule has 2 fully saturated rings. The van der Waals surface area contributed by atoms with E-state index in [2.05, 4.69) is 0 Å². The van der Waals surface area contributed by atoms with E-state index in [1.165, 1.54) is 0 Å². The van der Waals surface area contributed by atoms with Crippen molar-refractivity contribution < 1.29 is 23.8 Å². The molecule has 1 saturated heterocycles. The molecule has 0 aromatic heterocycles. The Balaban J connectivity index is 1.99. The van der Waals surface area contributed by atoms with Crippen LogP contribution in [-0.2, 0) is 23.8 Å². The molecule has 1 aliphatic carbocycles. The van der Waals surface area contributed by atoms with E-state index in [1.807, 2.05) is 0 Å². The Morgan fingerprint density at radius 3 is 2.28 bits per heavy atom. The lowest BCUT2D eigenvalue weighted by molar-refractivity contribution is -0.189. The predicted molar refractivity (Wildman–Crippen MR) is 61.4 cm³/mol. The first-order valence-electron chi connectivity index (χ1n) is 6.32. The van der Waals surface area contributed by atoms with Crippen LogP contribution in [0.5, 0.6) is 0 Å². The molecule has 2 aliphatic rings. The van der Waals surface area contributed by atoms with Crippen LogP contribution in [0.1, 0.15) is 32.1 Å². The summed E-state index contributed by atoms with van der Waals surface area (Å²) in [7, 11) is 0. The smallest absolute Gasteiger partial charge is 0.314 e. The molecule has 102 valence electrons. The molecule has 6 heteroatoms. The van der Waals surface area contributed by atoms with Crippen molar-refractivity contribution >= 4 is 11.9 Å². The summed E-state index contributed by atoms with van der Waals surface area (Å²) in [5, 5.41) is 0. The molecular formula is C12H19NO5. The second kappa shape index (κ2) is 5.67. The fraction of sp³-hybridized carbons (Fsp3) is 0.833. The monoisotopic (exact) mass is 257 g/mol. The Morgan fingerprint density at radius 1 is 1.11 bits per heavy atom. The van der Waals surface area contributed by atoms with Crippen molar-refractivity contribution in [2.24, 2.45) is 11.7 Å². The van der Waals surface area contributed by atoms with Gasteiger partial charge in [0.15, 0.2) is 5.60 Å². The number of amides is 1. The Labute approximate surface area is 106 Å². The maximum atomic E-state index is 12.0. The molecule has 1 aliphatic heterocycles. The van der Waals surface area contributed by atoms with E-state index in [0.29, 0.717) is 12.8 Å². The number of primary amides is 1. The number of esters is 1. The van der Waals surface area contributed by atoms with Crippen LogP contribution in [0.25, 0.3) is 0 Å². The largest absolute Gasteiger partial charge is 0.449 e. The van der Waals surface area contributed by atoms with Crippen LogP contribution in [0.2, 0.25) is 0 Å². The highest BCUT2D eigenvalue weighted by Gasteiger charge is 2.43. The highest BCUT2D eigenvalue weighted by Crippen LogP contribution is 2.32. The van der Waals surface area contributed by atoms with E-state index in [-0.39, 0.29) is 20.0 Å². The van der Waals surface area contributed by atoms with Crippen molar-refractivity contribution in [2.45, 2.75) is 37.7 Å². The maximum absolute atomic E-state index is 12.0. The summed E-state index contributed by atoms with van der Waals surface area (Å²) in [6, 6.07) is 0. The SMILES string of the molecule is NC(=O)C1(OC(=O)C2COCOC2)CCCCC1. The Morgan fingerprint density at radius 2 is 1.72 bits per heavy atom. The zero-order valence-corrected chi connectivity index (χ0v) is 10.4. The quantitative estimate of drug-likeness (QED) is 0.736. The maximum Gasteiger partial charge on any atom is 0.314 e. The molecule has 2 N–H and O–H groups in total. The standard InChI is InChI=1S/C12H19NO5/c13-11(15)12(4-2-1-3-5-12)18-10(14)9-6-16-8-17-7-9/h9H,1-8H2,(H2,13,15). The lowest BCUT2D eigenvalue weighted by Crippen LogP contribution is -2.50. The fourth-order valence-electron chi connectivity index (χ4n) is 2.42. The minimum absolute atomic E-state index is 0.199. The minimum atomic E-state index is -1.12. The number of carbonyl (C=O) groups excluding carboxylic acids is 2. The number of rotatable bonds is 3. The molecule has 0 spiro atoms. The van der Waals surface area contributed by atoms with Gasteiger partial charge in [0.05, 0.1) is 13.2 Å². The summed E-state index contributed by atoms with van der Waals surface area (Å²) >= 11 is 0. The molecule has 6 nitrogen and oxygen atoms in total. The molecule has 0 atom stereocenters. The van der Waals surface area contributed by atoms with Crippen molar-refractivity contribution in [3.8, 4) is 0 Å². The summed E-state index contributed by atoms with van der Waals surface area (Å²) in [6.45, 7) is 0.742. The third-order valence-electron chi connectivity index (χ3n) is 3.54. The first kappa shape index (κ1) is 13.3. The fourth-order valence-corrected chi connectivity index (χ4v) is 2.42. The van der Waals surface area contributed by atoms with Crippen molar-refractivity contribution in [2.75, 3.05) is 20.0 Å². The molecule has 0 aromatic rings. The lowest BCUT2D eigenvalue weighted by atomic mass is 9.84. The van der Waals surface area contributed by atoms with Gasteiger partial charge in [-0.15, -0.1) is 0 Å². The summed E-state index contributed by atoms with van der Waals surface area (Å²) in [6.07, 6.45) is 3.79. The van der Waals surface area contributed by atoms with Crippen LogP contribution in [-0.4, -0.2) is 37.5 Å². The molecule has 18 heavy (non-hydrogen) atoms. The number of carbonyl (C=O) groups is 2. The molecule has 1 amide bonds. The van der Waals surface area contributed by atoms with Crippen molar-refractivity contribution in [3.05, 3.63) is 0 Å². The topological polar surface area (TPSA) is 87.9 Å². The Bertz CT molecular complexity index is 318. The van der Waals surface area contributed by atoms with Gasteiger partial charge < -0.3 is 19.9 Å². The van der Waals surface area contributed by atoms with Gasteiger partial charge in [0.1, 0.15) is 12.7 Å². The summed E-state index contributed by atoms with van der Waals surface area (Å²) in [5.74, 6) is -1.46. The molecule has 0 bridgehead atoms. The van der Waals surface area contributed by atoms with Crippen LogP contribution in [0.4, 0.5) is 0 Å². The van der Waals surface area contributed by atoms with Crippen LogP contribution < -0.4 is 5.73 Å². The van der Waals surface area contributed by atoms with E-state index in [9.17, 15) is 9.59 Å². The van der Waals surface area contributed by atoms with Crippen LogP contribution >= 0.6 is 0 Å². The second-order valence-electron chi connectivity index (χ2n) is 4.90. The molecule has 0 radical (unpaired) electrons. The van der Waals surface area contributed by atoms with E-state index in [1.54, 1.807) is 0 Å². The molecule has 1 saturated carbocycles. The first-order chi connectivity index (χ1) is 8.64.